The lowest BCUT2D eigenvalue weighted by atomic mass is 10.3. The first-order chi connectivity index (χ1) is 7.40. The van der Waals surface area contributed by atoms with E-state index in [1.165, 1.54) is 0 Å². The molecule has 1 amide bonds. The van der Waals surface area contributed by atoms with Crippen LogP contribution in [0.4, 0.5) is 14.5 Å². The quantitative estimate of drug-likeness (QED) is 0.665. The van der Waals surface area contributed by atoms with E-state index in [2.05, 4.69) is 33.5 Å². The molecule has 0 bridgehead atoms. The Hall–Kier alpha value is -1.08. The smallest absolute Gasteiger partial charge is 0.231 e. The van der Waals surface area contributed by atoms with Gasteiger partial charge in [-0.2, -0.15) is 0 Å². The Morgan fingerprint density at radius 3 is 2.62 bits per heavy atom. The second-order valence-corrected chi connectivity index (χ2v) is 4.32. The molecular formula is C9H7BrF2N2OS. The number of carbonyl (C=O) groups is 1. The molecule has 86 valence electrons. The lowest BCUT2D eigenvalue weighted by Gasteiger charge is -2.06. The highest BCUT2D eigenvalue weighted by Crippen LogP contribution is 2.23. The van der Waals surface area contributed by atoms with Gasteiger partial charge >= 0.3 is 0 Å². The second-order valence-electron chi connectivity index (χ2n) is 2.94. The van der Waals surface area contributed by atoms with Crippen LogP contribution < -0.4 is 11.1 Å². The fourth-order valence-electron chi connectivity index (χ4n) is 0.971. The van der Waals surface area contributed by atoms with E-state index in [1.807, 2.05) is 0 Å². The van der Waals surface area contributed by atoms with Gasteiger partial charge in [-0.15, -0.1) is 0 Å². The van der Waals surface area contributed by atoms with E-state index in [9.17, 15) is 13.6 Å². The molecule has 0 unspecified atom stereocenters. The van der Waals surface area contributed by atoms with Crippen molar-refractivity contribution in [2.75, 3.05) is 5.32 Å². The van der Waals surface area contributed by atoms with Crippen LogP contribution in [0, 0.1) is 11.6 Å². The van der Waals surface area contributed by atoms with Gasteiger partial charge in [0.05, 0.1) is 21.6 Å². The third kappa shape index (κ3) is 3.49. The van der Waals surface area contributed by atoms with Gasteiger partial charge in [-0.3, -0.25) is 4.79 Å². The zero-order chi connectivity index (χ0) is 12.3. The van der Waals surface area contributed by atoms with Gasteiger partial charge in [-0.1, -0.05) is 12.2 Å². The van der Waals surface area contributed by atoms with E-state index in [0.29, 0.717) is 6.07 Å². The molecule has 0 heterocycles. The summed E-state index contributed by atoms with van der Waals surface area (Å²) >= 11 is 7.40. The van der Waals surface area contributed by atoms with Crippen molar-refractivity contribution in [2.45, 2.75) is 6.42 Å². The van der Waals surface area contributed by atoms with Crippen molar-refractivity contribution >= 4 is 44.7 Å². The lowest BCUT2D eigenvalue weighted by molar-refractivity contribution is -0.115. The summed E-state index contributed by atoms with van der Waals surface area (Å²) in [5.74, 6) is -2.16. The summed E-state index contributed by atoms with van der Waals surface area (Å²) in [6.07, 6.45) is -0.191. The maximum absolute atomic E-state index is 13.2. The molecule has 16 heavy (non-hydrogen) atoms. The number of halogens is 3. The Labute approximate surface area is 104 Å². The highest BCUT2D eigenvalue weighted by atomic mass is 79.9. The monoisotopic (exact) mass is 308 g/mol. The van der Waals surface area contributed by atoms with Crippen molar-refractivity contribution in [3.63, 3.8) is 0 Å². The molecule has 1 rings (SSSR count). The Morgan fingerprint density at radius 2 is 2.06 bits per heavy atom. The van der Waals surface area contributed by atoms with Crippen molar-refractivity contribution in [3.8, 4) is 0 Å². The molecule has 1 aromatic carbocycles. The van der Waals surface area contributed by atoms with Gasteiger partial charge in [-0.05, 0) is 22.0 Å². The molecule has 0 saturated carbocycles. The number of thiocarbonyl (C=S) groups is 1. The van der Waals surface area contributed by atoms with Gasteiger partial charge in [0.1, 0.15) is 11.6 Å². The highest BCUT2D eigenvalue weighted by molar-refractivity contribution is 9.10. The SMILES string of the molecule is NC(=S)CC(=O)Nc1cc(Br)c(F)cc1F. The zero-order valence-electron chi connectivity index (χ0n) is 7.89. The number of amides is 1. The normalized spacial score (nSPS) is 9.94. The maximum Gasteiger partial charge on any atom is 0.231 e. The zero-order valence-corrected chi connectivity index (χ0v) is 10.3. The number of benzene rings is 1. The molecule has 3 N–H and O–H groups in total. The van der Waals surface area contributed by atoms with Crippen LogP contribution in [-0.4, -0.2) is 10.9 Å². The highest BCUT2D eigenvalue weighted by Gasteiger charge is 2.11. The van der Waals surface area contributed by atoms with E-state index >= 15 is 0 Å². The molecular weight excluding hydrogens is 302 g/mol. The van der Waals surface area contributed by atoms with E-state index < -0.39 is 17.5 Å². The molecule has 0 aliphatic heterocycles. The third-order valence-electron chi connectivity index (χ3n) is 1.62. The number of anilines is 1. The van der Waals surface area contributed by atoms with E-state index in [4.69, 9.17) is 5.73 Å². The molecule has 0 aromatic heterocycles. The first kappa shape index (κ1) is 13.0. The van der Waals surface area contributed by atoms with Crippen LogP contribution in [0.3, 0.4) is 0 Å². The first-order valence-corrected chi connectivity index (χ1v) is 5.33. The molecule has 7 heteroatoms. The minimum Gasteiger partial charge on any atom is -0.393 e. The number of hydrogen-bond acceptors (Lipinski definition) is 2. The molecule has 3 nitrogen and oxygen atoms in total. The van der Waals surface area contributed by atoms with Crippen molar-refractivity contribution < 1.29 is 13.6 Å². The Bertz CT molecular complexity index is 453. The molecule has 0 fully saturated rings. The van der Waals surface area contributed by atoms with E-state index in [1.54, 1.807) is 0 Å². The van der Waals surface area contributed by atoms with Gasteiger partial charge < -0.3 is 11.1 Å². The second kappa shape index (κ2) is 5.31. The summed E-state index contributed by atoms with van der Waals surface area (Å²) < 4.78 is 26.1. The van der Waals surface area contributed by atoms with Crippen LogP contribution in [0.5, 0.6) is 0 Å². The Kier molecular flexibility index (Phi) is 4.31. The fourth-order valence-corrected chi connectivity index (χ4v) is 1.45. The largest absolute Gasteiger partial charge is 0.393 e. The predicted octanol–water partition coefficient (Wildman–Crippen LogP) is 2.34. The average molecular weight is 309 g/mol. The Morgan fingerprint density at radius 1 is 1.44 bits per heavy atom. The Balaban J connectivity index is 2.85. The number of rotatable bonds is 3. The molecule has 0 saturated heterocycles. The fraction of sp³-hybridized carbons (Fsp3) is 0.111. The van der Waals surface area contributed by atoms with Crippen LogP contribution >= 0.6 is 28.1 Å². The minimum atomic E-state index is -0.864. The van der Waals surface area contributed by atoms with Gasteiger partial charge in [0.25, 0.3) is 0 Å². The number of nitrogens with two attached hydrogens (primary N) is 1. The van der Waals surface area contributed by atoms with Crippen LogP contribution in [0.25, 0.3) is 0 Å². The summed E-state index contributed by atoms with van der Waals surface area (Å²) in [5, 5.41) is 2.23. The first-order valence-electron chi connectivity index (χ1n) is 4.13. The minimum absolute atomic E-state index is 0.000847. The van der Waals surface area contributed by atoms with Crippen molar-refractivity contribution in [1.82, 2.24) is 0 Å². The summed E-state index contributed by atoms with van der Waals surface area (Å²) in [6.45, 7) is 0. The molecule has 1 aromatic rings. The number of carbonyl (C=O) groups excluding carboxylic acids is 1. The van der Waals surface area contributed by atoms with Crippen molar-refractivity contribution in [2.24, 2.45) is 5.73 Å². The number of hydrogen-bond donors (Lipinski definition) is 2. The van der Waals surface area contributed by atoms with Crippen LogP contribution in [0.1, 0.15) is 6.42 Å². The predicted molar refractivity (Wildman–Crippen MR) is 64.1 cm³/mol. The molecule has 0 aliphatic carbocycles. The summed E-state index contributed by atoms with van der Waals surface area (Å²) in [4.78, 5) is 11.2. The van der Waals surface area contributed by atoms with E-state index in [-0.39, 0.29) is 21.6 Å². The number of nitrogens with one attached hydrogen (secondary N) is 1. The maximum atomic E-state index is 13.2. The lowest BCUT2D eigenvalue weighted by Crippen LogP contribution is -2.20. The topological polar surface area (TPSA) is 55.1 Å². The summed E-state index contributed by atoms with van der Waals surface area (Å²) in [7, 11) is 0. The molecule has 0 spiro atoms. The summed E-state index contributed by atoms with van der Waals surface area (Å²) in [5.41, 5.74) is 5.02. The van der Waals surface area contributed by atoms with Gasteiger partial charge in [0.15, 0.2) is 0 Å². The average Bonchev–Trinajstić information content (AvgIpc) is 2.12. The standard InChI is InChI=1S/C9H7BrF2N2OS/c10-4-1-7(6(12)2-5(4)11)14-9(15)3-8(13)16/h1-2H,3H2,(H2,13,16)(H,14,15). The van der Waals surface area contributed by atoms with Crippen LogP contribution in [0.15, 0.2) is 16.6 Å². The summed E-state index contributed by atoms with van der Waals surface area (Å²) in [6, 6.07) is 1.79. The molecule has 0 aliphatic rings. The molecule has 0 radical (unpaired) electrons. The van der Waals surface area contributed by atoms with Gasteiger partial charge in [0.2, 0.25) is 5.91 Å². The van der Waals surface area contributed by atoms with Crippen LogP contribution in [0.2, 0.25) is 0 Å². The van der Waals surface area contributed by atoms with E-state index in [0.717, 1.165) is 6.07 Å². The van der Waals surface area contributed by atoms with Gasteiger partial charge in [-0.25, -0.2) is 8.78 Å². The van der Waals surface area contributed by atoms with Crippen LogP contribution in [-0.2, 0) is 4.79 Å². The molecule has 0 atom stereocenters. The van der Waals surface area contributed by atoms with Crippen molar-refractivity contribution in [1.29, 1.82) is 0 Å². The van der Waals surface area contributed by atoms with Crippen molar-refractivity contribution in [3.05, 3.63) is 28.2 Å². The third-order valence-corrected chi connectivity index (χ3v) is 2.37. The van der Waals surface area contributed by atoms with Gasteiger partial charge in [0, 0.05) is 6.07 Å².